The molecule has 2 aromatic rings. The molecule has 102 valence electrons. The molecule has 6 nitrogen and oxygen atoms in total. The Balaban J connectivity index is 1.79. The van der Waals surface area contributed by atoms with Crippen LogP contribution in [0.2, 0.25) is 0 Å². The summed E-state index contributed by atoms with van der Waals surface area (Å²) in [5.74, 6) is -0.511. The first-order valence-corrected chi connectivity index (χ1v) is 6.54. The normalized spacial score (nSPS) is 18.6. The van der Waals surface area contributed by atoms with Crippen LogP contribution in [0.1, 0.15) is 23.3 Å². The van der Waals surface area contributed by atoms with E-state index < -0.39 is 6.04 Å². The molecule has 2 heterocycles. The van der Waals surface area contributed by atoms with Gasteiger partial charge in [0.05, 0.1) is 17.2 Å². The van der Waals surface area contributed by atoms with Gasteiger partial charge in [0.25, 0.3) is 5.91 Å². The van der Waals surface area contributed by atoms with Crippen LogP contribution in [-0.4, -0.2) is 34.4 Å². The van der Waals surface area contributed by atoms with Gasteiger partial charge in [-0.3, -0.25) is 14.6 Å². The van der Waals surface area contributed by atoms with Gasteiger partial charge in [-0.05, 0) is 25.0 Å². The van der Waals surface area contributed by atoms with Crippen molar-refractivity contribution >= 4 is 22.8 Å². The molecule has 1 fully saturated rings. The first kappa shape index (κ1) is 12.5. The van der Waals surface area contributed by atoms with E-state index in [4.69, 9.17) is 0 Å². The Morgan fingerprint density at radius 2 is 2.10 bits per heavy atom. The van der Waals surface area contributed by atoms with E-state index in [0.717, 1.165) is 11.9 Å². The Morgan fingerprint density at radius 3 is 2.90 bits per heavy atom. The third-order valence-electron chi connectivity index (χ3n) is 3.27. The number of hydrogen-bond acceptors (Lipinski definition) is 4. The molecule has 0 aliphatic carbocycles. The van der Waals surface area contributed by atoms with Crippen LogP contribution < -0.4 is 10.6 Å². The number of benzene rings is 1. The fraction of sp³-hybridized carbons (Fsp3) is 0.286. The van der Waals surface area contributed by atoms with Crippen LogP contribution in [0.4, 0.5) is 0 Å². The molecule has 0 saturated carbocycles. The molecule has 1 aliphatic heterocycles. The van der Waals surface area contributed by atoms with Crippen molar-refractivity contribution in [1.29, 1.82) is 0 Å². The summed E-state index contributed by atoms with van der Waals surface area (Å²) in [6, 6.07) is 6.85. The average Bonchev–Trinajstić information content (AvgIpc) is 2.49. The standard InChI is InChI=1S/C14H14N4O2/c19-13-11(6-3-7-15-13)18-14(20)12-8-16-9-4-1-2-5-10(9)17-12/h1-2,4-5,8,11H,3,6-7H2,(H,15,19)(H,18,20)/t11-/m0/s1. The first-order chi connectivity index (χ1) is 9.74. The number of rotatable bonds is 2. The summed E-state index contributed by atoms with van der Waals surface area (Å²) in [7, 11) is 0. The molecule has 0 radical (unpaired) electrons. The van der Waals surface area contributed by atoms with Gasteiger partial charge in [0.1, 0.15) is 11.7 Å². The van der Waals surface area contributed by atoms with E-state index >= 15 is 0 Å². The van der Waals surface area contributed by atoms with Gasteiger partial charge in [0.2, 0.25) is 5.91 Å². The highest BCUT2D eigenvalue weighted by Gasteiger charge is 2.24. The lowest BCUT2D eigenvalue weighted by Gasteiger charge is -2.22. The van der Waals surface area contributed by atoms with Gasteiger partial charge < -0.3 is 10.6 Å². The van der Waals surface area contributed by atoms with E-state index in [2.05, 4.69) is 20.6 Å². The fourth-order valence-electron chi connectivity index (χ4n) is 2.21. The highest BCUT2D eigenvalue weighted by atomic mass is 16.2. The molecule has 0 spiro atoms. The molecule has 1 aromatic heterocycles. The molecule has 0 bridgehead atoms. The number of hydrogen-bond donors (Lipinski definition) is 2. The lowest BCUT2D eigenvalue weighted by Crippen LogP contribution is -2.50. The quantitative estimate of drug-likeness (QED) is 0.838. The predicted octanol–water partition coefficient (Wildman–Crippen LogP) is 0.638. The van der Waals surface area contributed by atoms with Gasteiger partial charge >= 0.3 is 0 Å². The second-order valence-electron chi connectivity index (χ2n) is 4.70. The van der Waals surface area contributed by atoms with Crippen LogP contribution in [0.25, 0.3) is 11.0 Å². The lowest BCUT2D eigenvalue weighted by atomic mass is 10.1. The smallest absolute Gasteiger partial charge is 0.272 e. The van der Waals surface area contributed by atoms with E-state index in [0.29, 0.717) is 18.5 Å². The van der Waals surface area contributed by atoms with Gasteiger partial charge in [-0.2, -0.15) is 0 Å². The molecule has 3 rings (SSSR count). The largest absolute Gasteiger partial charge is 0.354 e. The molecule has 1 atom stereocenters. The van der Waals surface area contributed by atoms with Gasteiger partial charge in [-0.15, -0.1) is 0 Å². The number of fused-ring (bicyclic) bond motifs is 1. The maximum absolute atomic E-state index is 12.1. The Kier molecular flexibility index (Phi) is 3.28. The van der Waals surface area contributed by atoms with Crippen LogP contribution in [0.15, 0.2) is 30.5 Å². The predicted molar refractivity (Wildman–Crippen MR) is 73.0 cm³/mol. The monoisotopic (exact) mass is 270 g/mol. The lowest BCUT2D eigenvalue weighted by molar-refractivity contribution is -0.124. The Hall–Kier alpha value is -2.50. The second kappa shape index (κ2) is 5.24. The topological polar surface area (TPSA) is 84.0 Å². The second-order valence-corrected chi connectivity index (χ2v) is 4.70. The number of nitrogens with zero attached hydrogens (tertiary/aromatic N) is 2. The molecule has 2 N–H and O–H groups in total. The minimum Gasteiger partial charge on any atom is -0.354 e. The molecule has 1 saturated heterocycles. The van der Waals surface area contributed by atoms with Crippen LogP contribution in [0.3, 0.4) is 0 Å². The Bertz CT molecular complexity index is 671. The molecular formula is C14H14N4O2. The number of para-hydroxylation sites is 2. The van der Waals surface area contributed by atoms with Crippen molar-refractivity contribution in [3.63, 3.8) is 0 Å². The summed E-state index contributed by atoms with van der Waals surface area (Å²) in [4.78, 5) is 32.2. The van der Waals surface area contributed by atoms with Crippen LogP contribution in [-0.2, 0) is 4.79 Å². The van der Waals surface area contributed by atoms with E-state index in [-0.39, 0.29) is 17.5 Å². The van der Waals surface area contributed by atoms with E-state index in [1.807, 2.05) is 18.2 Å². The van der Waals surface area contributed by atoms with E-state index in [9.17, 15) is 9.59 Å². The summed E-state index contributed by atoms with van der Waals surface area (Å²) < 4.78 is 0. The highest BCUT2D eigenvalue weighted by Crippen LogP contribution is 2.09. The van der Waals surface area contributed by atoms with Crippen molar-refractivity contribution in [3.8, 4) is 0 Å². The minimum atomic E-state index is -0.482. The summed E-state index contributed by atoms with van der Waals surface area (Å²) in [6.45, 7) is 0.668. The van der Waals surface area contributed by atoms with Gasteiger partial charge in [-0.1, -0.05) is 12.1 Å². The van der Waals surface area contributed by atoms with Crippen molar-refractivity contribution in [2.24, 2.45) is 0 Å². The summed E-state index contributed by atoms with van der Waals surface area (Å²) in [5.41, 5.74) is 1.62. The van der Waals surface area contributed by atoms with Crippen molar-refractivity contribution in [2.45, 2.75) is 18.9 Å². The minimum absolute atomic E-state index is 0.140. The summed E-state index contributed by atoms with van der Waals surface area (Å²) in [6.07, 6.45) is 2.94. The van der Waals surface area contributed by atoms with Crippen molar-refractivity contribution in [1.82, 2.24) is 20.6 Å². The van der Waals surface area contributed by atoms with Gasteiger partial charge in [0, 0.05) is 6.54 Å². The molecule has 0 unspecified atom stereocenters. The Labute approximate surface area is 115 Å². The zero-order chi connectivity index (χ0) is 13.9. The summed E-state index contributed by atoms with van der Waals surface area (Å²) >= 11 is 0. The average molecular weight is 270 g/mol. The van der Waals surface area contributed by atoms with Crippen LogP contribution >= 0.6 is 0 Å². The van der Waals surface area contributed by atoms with Crippen molar-refractivity contribution in [3.05, 3.63) is 36.2 Å². The third kappa shape index (κ3) is 2.45. The molecule has 2 amide bonds. The maximum atomic E-state index is 12.1. The number of nitrogens with one attached hydrogen (secondary N) is 2. The number of piperidine rings is 1. The first-order valence-electron chi connectivity index (χ1n) is 6.54. The zero-order valence-electron chi connectivity index (χ0n) is 10.8. The molecule has 20 heavy (non-hydrogen) atoms. The van der Waals surface area contributed by atoms with Crippen molar-refractivity contribution < 1.29 is 9.59 Å². The van der Waals surface area contributed by atoms with Gasteiger partial charge in [0.15, 0.2) is 0 Å². The third-order valence-corrected chi connectivity index (χ3v) is 3.27. The molecule has 6 heteroatoms. The number of carbonyl (C=O) groups excluding carboxylic acids is 2. The van der Waals surface area contributed by atoms with Crippen LogP contribution in [0.5, 0.6) is 0 Å². The van der Waals surface area contributed by atoms with Gasteiger partial charge in [-0.25, -0.2) is 4.98 Å². The van der Waals surface area contributed by atoms with Crippen molar-refractivity contribution in [2.75, 3.05) is 6.54 Å². The molecule has 1 aromatic carbocycles. The Morgan fingerprint density at radius 1 is 1.30 bits per heavy atom. The van der Waals surface area contributed by atoms with Crippen LogP contribution in [0, 0.1) is 0 Å². The zero-order valence-corrected chi connectivity index (χ0v) is 10.8. The number of amides is 2. The van der Waals surface area contributed by atoms with E-state index in [1.165, 1.54) is 6.20 Å². The highest BCUT2D eigenvalue weighted by molar-refractivity contribution is 5.97. The summed E-state index contributed by atoms with van der Waals surface area (Å²) in [5, 5.41) is 5.42. The number of carbonyl (C=O) groups is 2. The van der Waals surface area contributed by atoms with E-state index in [1.54, 1.807) is 6.07 Å². The number of aromatic nitrogens is 2. The maximum Gasteiger partial charge on any atom is 0.272 e. The SMILES string of the molecule is O=C(N[C@H]1CCCNC1=O)c1cnc2ccccc2n1. The molecule has 1 aliphatic rings. The fourth-order valence-corrected chi connectivity index (χ4v) is 2.21. The molecular weight excluding hydrogens is 256 g/mol.